The lowest BCUT2D eigenvalue weighted by molar-refractivity contribution is -0.508. The molecule has 90 valence electrons. The highest BCUT2D eigenvalue weighted by atomic mass is 16.6. The van der Waals surface area contributed by atoms with Gasteiger partial charge >= 0.3 is 0 Å². The van der Waals surface area contributed by atoms with Crippen molar-refractivity contribution in [2.45, 2.75) is 26.2 Å². The summed E-state index contributed by atoms with van der Waals surface area (Å²) in [4.78, 5) is 10.1. The van der Waals surface area contributed by atoms with E-state index in [1.165, 1.54) is 6.20 Å². The lowest BCUT2D eigenvalue weighted by atomic mass is 10.1. The third-order valence-electron chi connectivity index (χ3n) is 2.38. The molecule has 0 aromatic heterocycles. The Morgan fingerprint density at radius 1 is 1.62 bits per heavy atom. The van der Waals surface area contributed by atoms with E-state index < -0.39 is 5.95 Å². The highest BCUT2D eigenvalue weighted by Gasteiger charge is 2.22. The molecular formula is C10H16N2O4. The molecule has 0 aliphatic carbocycles. The normalized spacial score (nSPS) is 17.4. The minimum atomic E-state index is -0.440. The first-order chi connectivity index (χ1) is 7.63. The molecule has 1 aliphatic heterocycles. The maximum Gasteiger partial charge on any atom is 0.281 e. The van der Waals surface area contributed by atoms with Gasteiger partial charge in [0.15, 0.2) is 6.20 Å². The SMILES string of the molecule is CCO/C([O-])=C/[N+]1=C(C[N+](=O)[O-])CCCC1. The molecule has 0 radical (unpaired) electrons. The van der Waals surface area contributed by atoms with Gasteiger partial charge < -0.3 is 9.84 Å². The first-order valence-electron chi connectivity index (χ1n) is 5.38. The summed E-state index contributed by atoms with van der Waals surface area (Å²) >= 11 is 0. The molecule has 1 aliphatic rings. The van der Waals surface area contributed by atoms with E-state index in [1.807, 2.05) is 0 Å². The first-order valence-corrected chi connectivity index (χ1v) is 5.38. The fourth-order valence-electron chi connectivity index (χ4n) is 1.69. The molecule has 0 spiro atoms. The van der Waals surface area contributed by atoms with Crippen molar-refractivity contribution in [2.24, 2.45) is 0 Å². The number of hydrogen-bond acceptors (Lipinski definition) is 4. The Labute approximate surface area is 94.0 Å². The third-order valence-corrected chi connectivity index (χ3v) is 2.38. The van der Waals surface area contributed by atoms with Crippen LogP contribution >= 0.6 is 0 Å². The van der Waals surface area contributed by atoms with Crippen LogP contribution in [0.15, 0.2) is 12.1 Å². The lowest BCUT2D eigenvalue weighted by Crippen LogP contribution is -2.29. The van der Waals surface area contributed by atoms with Crippen molar-refractivity contribution in [3.05, 3.63) is 22.3 Å². The molecule has 0 amide bonds. The molecule has 0 unspecified atom stereocenters. The van der Waals surface area contributed by atoms with Crippen LogP contribution in [-0.4, -0.2) is 34.9 Å². The van der Waals surface area contributed by atoms with E-state index in [4.69, 9.17) is 4.74 Å². The first kappa shape index (κ1) is 12.5. The number of rotatable bonds is 5. The van der Waals surface area contributed by atoms with Crippen molar-refractivity contribution in [2.75, 3.05) is 19.7 Å². The summed E-state index contributed by atoms with van der Waals surface area (Å²) in [6, 6.07) is 0. The summed E-state index contributed by atoms with van der Waals surface area (Å²) in [7, 11) is 0. The van der Waals surface area contributed by atoms with E-state index in [9.17, 15) is 15.2 Å². The van der Waals surface area contributed by atoms with Gasteiger partial charge in [-0.3, -0.25) is 10.1 Å². The zero-order valence-corrected chi connectivity index (χ0v) is 9.35. The van der Waals surface area contributed by atoms with Gasteiger partial charge in [-0.15, -0.1) is 0 Å². The molecule has 0 saturated heterocycles. The molecule has 0 aromatic carbocycles. The lowest BCUT2D eigenvalue weighted by Gasteiger charge is -2.13. The van der Waals surface area contributed by atoms with E-state index in [-0.39, 0.29) is 11.5 Å². The predicted octanol–water partition coefficient (Wildman–Crippen LogP) is 0.0962. The molecule has 1 rings (SSSR count). The summed E-state index contributed by atoms with van der Waals surface area (Å²) in [5.41, 5.74) is 0.685. The van der Waals surface area contributed by atoms with Crippen LogP contribution < -0.4 is 5.11 Å². The van der Waals surface area contributed by atoms with E-state index >= 15 is 0 Å². The quantitative estimate of drug-likeness (QED) is 0.289. The van der Waals surface area contributed by atoms with Crippen LogP contribution in [0.25, 0.3) is 0 Å². The second-order valence-electron chi connectivity index (χ2n) is 3.59. The summed E-state index contributed by atoms with van der Waals surface area (Å²) in [6.07, 6.45) is 3.88. The molecule has 6 nitrogen and oxygen atoms in total. The van der Waals surface area contributed by atoms with Gasteiger partial charge in [0.1, 0.15) is 12.5 Å². The topological polar surface area (TPSA) is 78.4 Å². The van der Waals surface area contributed by atoms with Crippen molar-refractivity contribution in [1.82, 2.24) is 0 Å². The van der Waals surface area contributed by atoms with Gasteiger partial charge in [-0.25, -0.2) is 0 Å². The van der Waals surface area contributed by atoms with Crippen molar-refractivity contribution >= 4 is 5.71 Å². The smallest absolute Gasteiger partial charge is 0.281 e. The van der Waals surface area contributed by atoms with Gasteiger partial charge in [-0.05, 0) is 13.0 Å². The number of ether oxygens (including phenoxy) is 1. The Balaban J connectivity index is 2.81. The Kier molecular flexibility index (Phi) is 4.75. The van der Waals surface area contributed by atoms with Crippen LogP contribution in [0.3, 0.4) is 0 Å². The number of nitro groups is 1. The maximum absolute atomic E-state index is 11.2. The average Bonchev–Trinajstić information content (AvgIpc) is 2.20. The number of nitrogens with zero attached hydrogens (tertiary/aromatic N) is 2. The number of hydrogen-bond donors (Lipinski definition) is 0. The molecule has 1 heterocycles. The summed E-state index contributed by atoms with van der Waals surface area (Å²) in [6.45, 7) is 2.50. The zero-order chi connectivity index (χ0) is 12.0. The molecule has 0 saturated carbocycles. The second-order valence-corrected chi connectivity index (χ2v) is 3.59. The Bertz CT molecular complexity index is 323. The summed E-state index contributed by atoms with van der Waals surface area (Å²) < 4.78 is 6.44. The summed E-state index contributed by atoms with van der Waals surface area (Å²) in [5, 5.41) is 21.7. The van der Waals surface area contributed by atoms with Gasteiger partial charge in [0.25, 0.3) is 6.54 Å². The maximum atomic E-state index is 11.2. The van der Waals surface area contributed by atoms with Gasteiger partial charge in [0.05, 0.1) is 0 Å². The van der Waals surface area contributed by atoms with Gasteiger partial charge in [0.2, 0.25) is 5.71 Å². The second kappa shape index (κ2) is 6.09. The van der Waals surface area contributed by atoms with Crippen LogP contribution in [0.5, 0.6) is 0 Å². The predicted molar refractivity (Wildman–Crippen MR) is 55.6 cm³/mol. The van der Waals surface area contributed by atoms with Crippen molar-refractivity contribution < 1.29 is 19.3 Å². The van der Waals surface area contributed by atoms with Gasteiger partial charge in [-0.1, -0.05) is 6.92 Å². The van der Waals surface area contributed by atoms with E-state index in [0.29, 0.717) is 25.3 Å². The Morgan fingerprint density at radius 2 is 2.38 bits per heavy atom. The average molecular weight is 228 g/mol. The standard InChI is InChI=1S/C10H16N2O4/c1-2-16-10(13)8-11-6-4-3-5-9(11)7-12(14)15/h8H,2-7H2,1H3/b10-8+. The molecule has 16 heavy (non-hydrogen) atoms. The van der Waals surface area contributed by atoms with Crippen LogP contribution in [0.4, 0.5) is 0 Å². The minimum Gasteiger partial charge on any atom is -0.610 e. The molecule has 0 N–H and O–H groups in total. The zero-order valence-electron chi connectivity index (χ0n) is 9.35. The van der Waals surface area contributed by atoms with Crippen molar-refractivity contribution in [3.63, 3.8) is 0 Å². The molecule has 6 heteroatoms. The molecule has 0 fully saturated rings. The van der Waals surface area contributed by atoms with Gasteiger partial charge in [-0.2, -0.15) is 4.58 Å². The van der Waals surface area contributed by atoms with Crippen molar-refractivity contribution in [1.29, 1.82) is 0 Å². The monoisotopic (exact) mass is 228 g/mol. The Hall–Kier alpha value is -1.59. The summed E-state index contributed by atoms with van der Waals surface area (Å²) in [5.74, 6) is -0.440. The Morgan fingerprint density at radius 3 is 3.00 bits per heavy atom. The van der Waals surface area contributed by atoms with Crippen LogP contribution in [-0.2, 0) is 4.74 Å². The van der Waals surface area contributed by atoms with E-state index in [2.05, 4.69) is 0 Å². The van der Waals surface area contributed by atoms with Gasteiger partial charge in [0, 0.05) is 17.8 Å². The molecule has 0 bridgehead atoms. The largest absolute Gasteiger partial charge is 0.610 e. The third kappa shape index (κ3) is 3.88. The fourth-order valence-corrected chi connectivity index (χ4v) is 1.69. The fraction of sp³-hybridized carbons (Fsp3) is 0.700. The molecular weight excluding hydrogens is 212 g/mol. The molecule has 0 atom stereocenters. The van der Waals surface area contributed by atoms with E-state index in [0.717, 1.165) is 12.8 Å². The minimum absolute atomic E-state index is 0.199. The van der Waals surface area contributed by atoms with Crippen LogP contribution in [0, 0.1) is 10.1 Å². The van der Waals surface area contributed by atoms with Crippen LogP contribution in [0.1, 0.15) is 26.2 Å². The highest BCUT2D eigenvalue weighted by molar-refractivity contribution is 5.81. The van der Waals surface area contributed by atoms with E-state index in [1.54, 1.807) is 11.5 Å². The highest BCUT2D eigenvalue weighted by Crippen LogP contribution is 2.07. The molecule has 0 aromatic rings. The van der Waals surface area contributed by atoms with Crippen molar-refractivity contribution in [3.8, 4) is 0 Å². The van der Waals surface area contributed by atoms with Crippen LogP contribution in [0.2, 0.25) is 0 Å².